The lowest BCUT2D eigenvalue weighted by molar-refractivity contribution is -0.144. The predicted octanol–water partition coefficient (Wildman–Crippen LogP) is 2.86. The summed E-state index contributed by atoms with van der Waals surface area (Å²) in [6, 6.07) is 5.40. The highest BCUT2D eigenvalue weighted by molar-refractivity contribution is 5.78. The molecule has 1 unspecified atom stereocenters. The second-order valence-corrected chi connectivity index (χ2v) is 5.55. The highest BCUT2D eigenvalue weighted by Gasteiger charge is 2.21. The summed E-state index contributed by atoms with van der Waals surface area (Å²) in [6.45, 7) is 10.5. The number of hydrogen-bond donors (Lipinski definition) is 1. The zero-order valence-corrected chi connectivity index (χ0v) is 11.9. The average Bonchev–Trinajstić information content (AvgIpc) is 2.27. The van der Waals surface area contributed by atoms with Crippen molar-refractivity contribution in [3.8, 4) is 0 Å². The third kappa shape index (κ3) is 3.33. The number of aryl methyl sites for hydroxylation is 1. The highest BCUT2D eigenvalue weighted by atomic mass is 16.5. The summed E-state index contributed by atoms with van der Waals surface area (Å²) in [6.07, 6.45) is 0. The van der Waals surface area contributed by atoms with Gasteiger partial charge in [-0.1, -0.05) is 39.0 Å². The number of nitrogens with two attached hydrogens (primary N) is 1. The fourth-order valence-electron chi connectivity index (χ4n) is 1.80. The van der Waals surface area contributed by atoms with Crippen LogP contribution in [0.3, 0.4) is 0 Å². The summed E-state index contributed by atoms with van der Waals surface area (Å²) < 4.78 is 4.97. The van der Waals surface area contributed by atoms with Gasteiger partial charge in [0.2, 0.25) is 0 Å². The smallest absolute Gasteiger partial charge is 0.327 e. The molecule has 1 atom stereocenters. The van der Waals surface area contributed by atoms with E-state index in [0.29, 0.717) is 6.61 Å². The number of esters is 1. The van der Waals surface area contributed by atoms with E-state index in [1.165, 1.54) is 5.56 Å². The van der Waals surface area contributed by atoms with Crippen LogP contribution in [0.15, 0.2) is 18.2 Å². The molecule has 100 valence electrons. The average molecular weight is 249 g/mol. The molecule has 0 aliphatic heterocycles. The Morgan fingerprint density at radius 1 is 1.39 bits per heavy atom. The van der Waals surface area contributed by atoms with Crippen LogP contribution in [0.1, 0.15) is 50.4 Å². The molecule has 1 aromatic rings. The van der Waals surface area contributed by atoms with Crippen LogP contribution in [0.25, 0.3) is 0 Å². The van der Waals surface area contributed by atoms with Crippen molar-refractivity contribution in [2.24, 2.45) is 5.73 Å². The molecule has 0 saturated carbocycles. The Morgan fingerprint density at radius 3 is 2.50 bits per heavy atom. The minimum atomic E-state index is -0.702. The molecular formula is C15H23NO2. The number of hydrogen-bond acceptors (Lipinski definition) is 3. The lowest BCUT2D eigenvalue weighted by Gasteiger charge is -2.22. The molecule has 2 N–H and O–H groups in total. The van der Waals surface area contributed by atoms with E-state index >= 15 is 0 Å². The van der Waals surface area contributed by atoms with Crippen molar-refractivity contribution in [3.05, 3.63) is 34.9 Å². The van der Waals surface area contributed by atoms with Gasteiger partial charge in [0.05, 0.1) is 6.61 Å². The standard InChI is InChI=1S/C15H23NO2/c1-6-18-14(17)13(16)12-9-11(15(3,4)5)8-7-10(12)2/h7-9,13H,6,16H2,1-5H3. The second kappa shape index (κ2) is 5.53. The van der Waals surface area contributed by atoms with Gasteiger partial charge in [0.1, 0.15) is 6.04 Å². The molecular weight excluding hydrogens is 226 g/mol. The zero-order valence-electron chi connectivity index (χ0n) is 11.9. The molecule has 3 heteroatoms. The molecule has 0 bridgehead atoms. The van der Waals surface area contributed by atoms with E-state index in [0.717, 1.165) is 11.1 Å². The minimum absolute atomic E-state index is 0.0385. The maximum absolute atomic E-state index is 11.7. The lowest BCUT2D eigenvalue weighted by Crippen LogP contribution is -2.25. The normalized spacial score (nSPS) is 13.2. The minimum Gasteiger partial charge on any atom is -0.465 e. The van der Waals surface area contributed by atoms with Gasteiger partial charge in [-0.15, -0.1) is 0 Å². The Kier molecular flexibility index (Phi) is 4.52. The largest absolute Gasteiger partial charge is 0.465 e. The second-order valence-electron chi connectivity index (χ2n) is 5.55. The Balaban J connectivity index is 3.12. The number of rotatable bonds is 3. The first-order valence-electron chi connectivity index (χ1n) is 6.30. The van der Waals surface area contributed by atoms with Gasteiger partial charge in [0.15, 0.2) is 0 Å². The van der Waals surface area contributed by atoms with Gasteiger partial charge < -0.3 is 10.5 Å². The van der Waals surface area contributed by atoms with E-state index in [1.807, 2.05) is 19.1 Å². The summed E-state index contributed by atoms with van der Waals surface area (Å²) in [4.78, 5) is 11.7. The molecule has 1 aromatic carbocycles. The summed E-state index contributed by atoms with van der Waals surface area (Å²) in [7, 11) is 0. The number of ether oxygens (including phenoxy) is 1. The number of benzene rings is 1. The van der Waals surface area contributed by atoms with Gasteiger partial charge in [0.25, 0.3) is 0 Å². The van der Waals surface area contributed by atoms with Crippen LogP contribution in [0.5, 0.6) is 0 Å². The van der Waals surface area contributed by atoms with E-state index in [9.17, 15) is 4.79 Å². The van der Waals surface area contributed by atoms with E-state index in [1.54, 1.807) is 6.92 Å². The van der Waals surface area contributed by atoms with Crippen molar-refractivity contribution in [1.82, 2.24) is 0 Å². The third-order valence-corrected chi connectivity index (χ3v) is 3.02. The van der Waals surface area contributed by atoms with Crippen LogP contribution in [0.4, 0.5) is 0 Å². The fraction of sp³-hybridized carbons (Fsp3) is 0.533. The molecule has 0 saturated heterocycles. The molecule has 1 rings (SSSR count). The van der Waals surface area contributed by atoms with Crippen molar-refractivity contribution in [1.29, 1.82) is 0 Å². The Hall–Kier alpha value is -1.35. The van der Waals surface area contributed by atoms with Crippen LogP contribution in [-0.2, 0) is 14.9 Å². The maximum atomic E-state index is 11.7. The lowest BCUT2D eigenvalue weighted by atomic mass is 9.84. The van der Waals surface area contributed by atoms with Crippen molar-refractivity contribution in [2.45, 2.75) is 46.1 Å². The van der Waals surface area contributed by atoms with E-state index in [2.05, 4.69) is 26.8 Å². The van der Waals surface area contributed by atoms with Crippen molar-refractivity contribution in [3.63, 3.8) is 0 Å². The number of carbonyl (C=O) groups is 1. The zero-order chi connectivity index (χ0) is 13.9. The Morgan fingerprint density at radius 2 is 2.00 bits per heavy atom. The van der Waals surface area contributed by atoms with Crippen LogP contribution in [0.2, 0.25) is 0 Å². The fourth-order valence-corrected chi connectivity index (χ4v) is 1.80. The Labute approximate surface area is 109 Å². The molecule has 0 aliphatic rings. The maximum Gasteiger partial charge on any atom is 0.327 e. The van der Waals surface area contributed by atoms with Gasteiger partial charge in [-0.25, -0.2) is 4.79 Å². The first-order chi connectivity index (χ1) is 8.27. The SMILES string of the molecule is CCOC(=O)C(N)c1cc(C(C)(C)C)ccc1C. The van der Waals surface area contributed by atoms with Crippen LogP contribution in [0, 0.1) is 6.92 Å². The van der Waals surface area contributed by atoms with Crippen molar-refractivity contribution >= 4 is 5.97 Å². The molecule has 0 aromatic heterocycles. The van der Waals surface area contributed by atoms with E-state index in [-0.39, 0.29) is 11.4 Å². The quantitative estimate of drug-likeness (QED) is 0.838. The van der Waals surface area contributed by atoms with Gasteiger partial charge in [-0.2, -0.15) is 0 Å². The van der Waals surface area contributed by atoms with Crippen molar-refractivity contribution < 1.29 is 9.53 Å². The predicted molar refractivity (Wildman–Crippen MR) is 73.4 cm³/mol. The van der Waals surface area contributed by atoms with Crippen molar-refractivity contribution in [2.75, 3.05) is 6.61 Å². The molecule has 0 amide bonds. The summed E-state index contributed by atoms with van der Waals surface area (Å²) in [5.74, 6) is -0.369. The van der Waals surface area contributed by atoms with Gasteiger partial charge in [-0.3, -0.25) is 0 Å². The van der Waals surface area contributed by atoms with Gasteiger partial charge in [0, 0.05) is 0 Å². The molecule has 0 fully saturated rings. The van der Waals surface area contributed by atoms with E-state index in [4.69, 9.17) is 10.5 Å². The van der Waals surface area contributed by atoms with E-state index < -0.39 is 6.04 Å². The molecule has 0 radical (unpaired) electrons. The monoisotopic (exact) mass is 249 g/mol. The first-order valence-corrected chi connectivity index (χ1v) is 6.30. The van der Waals surface area contributed by atoms with Crippen LogP contribution < -0.4 is 5.73 Å². The summed E-state index contributed by atoms with van der Waals surface area (Å²) in [5.41, 5.74) is 9.04. The molecule has 0 heterocycles. The highest BCUT2D eigenvalue weighted by Crippen LogP contribution is 2.27. The molecule has 3 nitrogen and oxygen atoms in total. The van der Waals surface area contributed by atoms with Gasteiger partial charge in [-0.05, 0) is 36.0 Å². The Bertz CT molecular complexity index is 433. The van der Waals surface area contributed by atoms with Crippen LogP contribution in [-0.4, -0.2) is 12.6 Å². The topological polar surface area (TPSA) is 52.3 Å². The summed E-state index contributed by atoms with van der Waals surface area (Å²) in [5, 5.41) is 0. The number of carbonyl (C=O) groups excluding carboxylic acids is 1. The van der Waals surface area contributed by atoms with Gasteiger partial charge >= 0.3 is 5.97 Å². The van der Waals surface area contributed by atoms with Crippen LogP contribution >= 0.6 is 0 Å². The first kappa shape index (κ1) is 14.7. The molecule has 0 spiro atoms. The third-order valence-electron chi connectivity index (χ3n) is 3.02. The molecule has 18 heavy (non-hydrogen) atoms. The molecule has 0 aliphatic carbocycles. The summed E-state index contributed by atoms with van der Waals surface area (Å²) >= 11 is 0.